The van der Waals surface area contributed by atoms with Crippen LogP contribution in [0.3, 0.4) is 0 Å². The zero-order chi connectivity index (χ0) is 13.5. The van der Waals surface area contributed by atoms with Crippen molar-refractivity contribution >= 4 is 17.4 Å². The molecule has 0 radical (unpaired) electrons. The monoisotopic (exact) mass is 273 g/mol. The van der Waals surface area contributed by atoms with Crippen molar-refractivity contribution in [3.8, 4) is 0 Å². The molecule has 0 aromatic heterocycles. The first kappa shape index (κ1) is 13.8. The van der Waals surface area contributed by atoms with Crippen LogP contribution in [-0.2, 0) is 6.42 Å². The largest absolute Gasteiger partial charge is 0.309 e. The summed E-state index contributed by atoms with van der Waals surface area (Å²) in [4.78, 5) is 11.9. The normalized spacial score (nSPS) is 10.4. The second kappa shape index (κ2) is 7.07. The van der Waals surface area contributed by atoms with Gasteiger partial charge in [-0.3, -0.25) is 4.79 Å². The number of ketones is 1. The number of carbonyl (C=O) groups excluding carboxylic acids is 1. The van der Waals surface area contributed by atoms with E-state index in [0.717, 1.165) is 13.0 Å². The van der Waals surface area contributed by atoms with Crippen LogP contribution in [0.15, 0.2) is 54.6 Å². The summed E-state index contributed by atoms with van der Waals surface area (Å²) in [6.45, 7) is 1.15. The zero-order valence-corrected chi connectivity index (χ0v) is 11.4. The Morgan fingerprint density at radius 2 is 1.68 bits per heavy atom. The van der Waals surface area contributed by atoms with Crippen LogP contribution in [0.5, 0.6) is 0 Å². The highest BCUT2D eigenvalue weighted by Crippen LogP contribution is 2.09. The molecule has 0 spiro atoms. The fourth-order valence-corrected chi connectivity index (χ4v) is 1.94. The van der Waals surface area contributed by atoms with Gasteiger partial charge in [0.1, 0.15) is 0 Å². The highest BCUT2D eigenvalue weighted by molar-refractivity contribution is 6.30. The maximum Gasteiger partial charge on any atom is 0.176 e. The third-order valence-corrected chi connectivity index (χ3v) is 3.14. The summed E-state index contributed by atoms with van der Waals surface area (Å²) in [6.07, 6.45) is 0.925. The average Bonchev–Trinajstić information content (AvgIpc) is 2.45. The van der Waals surface area contributed by atoms with Crippen LogP contribution in [0.4, 0.5) is 0 Å². The predicted octanol–water partition coefficient (Wildman–Crippen LogP) is 3.36. The number of hydrogen-bond acceptors (Lipinski definition) is 2. The van der Waals surface area contributed by atoms with Crippen molar-refractivity contribution in [3.63, 3.8) is 0 Å². The van der Waals surface area contributed by atoms with Crippen LogP contribution in [0.2, 0.25) is 5.02 Å². The standard InChI is InChI=1S/C16H16ClNO/c17-15-8-6-14(7-9-15)16(19)12-18-11-10-13-4-2-1-3-5-13/h1-9,18H,10-12H2. The summed E-state index contributed by atoms with van der Waals surface area (Å²) >= 11 is 5.78. The van der Waals surface area contributed by atoms with Crippen molar-refractivity contribution < 1.29 is 4.79 Å². The van der Waals surface area contributed by atoms with Gasteiger partial charge in [-0.1, -0.05) is 41.9 Å². The highest BCUT2D eigenvalue weighted by atomic mass is 35.5. The molecular weight excluding hydrogens is 258 g/mol. The van der Waals surface area contributed by atoms with Crippen LogP contribution in [0.1, 0.15) is 15.9 Å². The van der Waals surface area contributed by atoms with Gasteiger partial charge in [0.15, 0.2) is 5.78 Å². The van der Waals surface area contributed by atoms with Crippen molar-refractivity contribution in [2.24, 2.45) is 0 Å². The fraction of sp³-hybridized carbons (Fsp3) is 0.188. The average molecular weight is 274 g/mol. The first-order valence-electron chi connectivity index (χ1n) is 6.29. The van der Waals surface area contributed by atoms with E-state index in [4.69, 9.17) is 11.6 Å². The molecule has 0 unspecified atom stereocenters. The molecule has 0 saturated heterocycles. The van der Waals surface area contributed by atoms with E-state index in [2.05, 4.69) is 17.4 Å². The smallest absolute Gasteiger partial charge is 0.176 e. The van der Waals surface area contributed by atoms with E-state index in [1.807, 2.05) is 18.2 Å². The molecule has 0 fully saturated rings. The number of carbonyl (C=O) groups is 1. The van der Waals surface area contributed by atoms with Crippen molar-refractivity contribution in [2.75, 3.05) is 13.1 Å². The number of rotatable bonds is 6. The van der Waals surface area contributed by atoms with Crippen LogP contribution >= 0.6 is 11.6 Å². The van der Waals surface area contributed by atoms with Crippen molar-refractivity contribution in [3.05, 3.63) is 70.7 Å². The van der Waals surface area contributed by atoms with Crippen molar-refractivity contribution in [2.45, 2.75) is 6.42 Å². The SMILES string of the molecule is O=C(CNCCc1ccccc1)c1ccc(Cl)cc1. The quantitative estimate of drug-likeness (QED) is 0.646. The topological polar surface area (TPSA) is 29.1 Å². The summed E-state index contributed by atoms with van der Waals surface area (Å²) in [6, 6.07) is 17.2. The second-order valence-electron chi connectivity index (χ2n) is 4.34. The lowest BCUT2D eigenvalue weighted by Gasteiger charge is -2.04. The molecular formula is C16H16ClNO. The Morgan fingerprint density at radius 3 is 2.37 bits per heavy atom. The molecule has 2 nitrogen and oxygen atoms in total. The van der Waals surface area contributed by atoms with Gasteiger partial charge in [0, 0.05) is 10.6 Å². The van der Waals surface area contributed by atoms with Gasteiger partial charge in [0.05, 0.1) is 6.54 Å². The zero-order valence-electron chi connectivity index (χ0n) is 10.6. The Labute approximate surface area is 118 Å². The Morgan fingerprint density at radius 1 is 1.00 bits per heavy atom. The molecule has 19 heavy (non-hydrogen) atoms. The predicted molar refractivity (Wildman–Crippen MR) is 78.8 cm³/mol. The summed E-state index contributed by atoms with van der Waals surface area (Å²) < 4.78 is 0. The summed E-state index contributed by atoms with van der Waals surface area (Å²) in [5.41, 5.74) is 1.96. The Balaban J connectivity index is 1.74. The van der Waals surface area contributed by atoms with Crippen LogP contribution < -0.4 is 5.32 Å². The molecule has 2 rings (SSSR count). The molecule has 3 heteroatoms. The van der Waals surface area contributed by atoms with Gasteiger partial charge in [-0.2, -0.15) is 0 Å². The highest BCUT2D eigenvalue weighted by Gasteiger charge is 2.04. The van der Waals surface area contributed by atoms with Gasteiger partial charge in [-0.15, -0.1) is 0 Å². The molecule has 2 aromatic carbocycles. The molecule has 0 amide bonds. The molecule has 0 saturated carbocycles. The lowest BCUT2D eigenvalue weighted by molar-refractivity contribution is 0.0991. The minimum Gasteiger partial charge on any atom is -0.309 e. The summed E-state index contributed by atoms with van der Waals surface area (Å²) in [5.74, 6) is 0.0877. The van der Waals surface area contributed by atoms with E-state index in [1.165, 1.54) is 5.56 Å². The van der Waals surface area contributed by atoms with E-state index in [0.29, 0.717) is 17.1 Å². The number of benzene rings is 2. The molecule has 0 aliphatic heterocycles. The molecule has 0 aliphatic rings. The second-order valence-corrected chi connectivity index (χ2v) is 4.78. The van der Waals surface area contributed by atoms with Gasteiger partial charge in [0.2, 0.25) is 0 Å². The molecule has 1 N–H and O–H groups in total. The van der Waals surface area contributed by atoms with Crippen LogP contribution in [0.25, 0.3) is 0 Å². The number of Topliss-reactive ketones (excluding diaryl/α,β-unsaturated/α-hetero) is 1. The minimum atomic E-state index is 0.0877. The minimum absolute atomic E-state index is 0.0877. The summed E-state index contributed by atoms with van der Waals surface area (Å²) in [7, 11) is 0. The number of nitrogens with one attached hydrogen (secondary N) is 1. The van der Waals surface area contributed by atoms with Crippen molar-refractivity contribution in [1.29, 1.82) is 0 Å². The fourth-order valence-electron chi connectivity index (χ4n) is 1.82. The maximum atomic E-state index is 11.9. The molecule has 98 valence electrons. The van der Waals surface area contributed by atoms with E-state index in [9.17, 15) is 4.79 Å². The maximum absolute atomic E-state index is 11.9. The molecule has 0 bridgehead atoms. The molecule has 0 aliphatic carbocycles. The molecule has 0 atom stereocenters. The van der Waals surface area contributed by atoms with E-state index < -0.39 is 0 Å². The van der Waals surface area contributed by atoms with Crippen LogP contribution in [0, 0.1) is 0 Å². The Bertz CT molecular complexity index is 522. The van der Waals surface area contributed by atoms with Crippen molar-refractivity contribution in [1.82, 2.24) is 5.32 Å². The third-order valence-electron chi connectivity index (χ3n) is 2.89. The van der Waals surface area contributed by atoms with Gasteiger partial charge < -0.3 is 5.32 Å². The summed E-state index contributed by atoms with van der Waals surface area (Å²) in [5, 5.41) is 3.81. The van der Waals surface area contributed by atoms with Crippen LogP contribution in [-0.4, -0.2) is 18.9 Å². The van der Waals surface area contributed by atoms with E-state index in [-0.39, 0.29) is 5.78 Å². The first-order chi connectivity index (χ1) is 9.25. The number of hydrogen-bond donors (Lipinski definition) is 1. The first-order valence-corrected chi connectivity index (χ1v) is 6.67. The van der Waals surface area contributed by atoms with E-state index in [1.54, 1.807) is 24.3 Å². The van der Waals surface area contributed by atoms with Gasteiger partial charge >= 0.3 is 0 Å². The Hall–Kier alpha value is -1.64. The third kappa shape index (κ3) is 4.51. The lowest BCUT2D eigenvalue weighted by atomic mass is 10.1. The molecule has 2 aromatic rings. The van der Waals surface area contributed by atoms with Gasteiger partial charge in [0.25, 0.3) is 0 Å². The lowest BCUT2D eigenvalue weighted by Crippen LogP contribution is -2.25. The van der Waals surface area contributed by atoms with Gasteiger partial charge in [-0.25, -0.2) is 0 Å². The Kier molecular flexibility index (Phi) is 5.13. The van der Waals surface area contributed by atoms with Gasteiger partial charge in [-0.05, 0) is 42.8 Å². The van der Waals surface area contributed by atoms with E-state index >= 15 is 0 Å². The number of halogens is 1. The molecule has 0 heterocycles.